The standard InChI is InChI=1S/C53H64N2/c1-12-52-44-27-21-20-26-42(44)47-33-39-31-45-46(50(8,9)51(10,11)49(45,6)7)32-40(39)34-55(47)53(52,13-2)48(52)28-29-54-35-43(38-23-17-15-18-24-38)37(5)30-41(54)25-19-14-16-22-36(3)4/h14-24,26-27,30-36,48H,12-13,25,28-29H2,1-11H3/q+2. The lowest BCUT2D eigenvalue weighted by molar-refractivity contribution is -0.739. The lowest BCUT2D eigenvalue weighted by atomic mass is 9.59. The van der Waals surface area contributed by atoms with Crippen LogP contribution in [-0.2, 0) is 34.7 Å². The highest BCUT2D eigenvalue weighted by Gasteiger charge is 2.84. The van der Waals surface area contributed by atoms with Crippen LogP contribution >= 0.6 is 0 Å². The van der Waals surface area contributed by atoms with Gasteiger partial charge in [-0.15, -0.1) is 0 Å². The molecule has 1 saturated carbocycles. The van der Waals surface area contributed by atoms with Crippen molar-refractivity contribution in [3.63, 3.8) is 0 Å². The van der Waals surface area contributed by atoms with Gasteiger partial charge in [0.05, 0.1) is 17.4 Å². The fourth-order valence-electron chi connectivity index (χ4n) is 11.7. The number of fused-ring (bicyclic) bond motifs is 8. The number of rotatable bonds is 10. The highest BCUT2D eigenvalue weighted by Crippen LogP contribution is 2.73. The smallest absolute Gasteiger partial charge is 0.202 e. The molecule has 1 fully saturated rings. The minimum Gasteiger partial charge on any atom is -0.202 e. The highest BCUT2D eigenvalue weighted by atomic mass is 15.2. The lowest BCUT2D eigenvalue weighted by Crippen LogP contribution is -2.55. The van der Waals surface area contributed by atoms with Gasteiger partial charge >= 0.3 is 0 Å². The van der Waals surface area contributed by atoms with Crippen LogP contribution in [0.5, 0.6) is 0 Å². The van der Waals surface area contributed by atoms with Crippen LogP contribution in [0.15, 0.2) is 116 Å². The number of hydrogen-bond acceptors (Lipinski definition) is 0. The third-order valence-electron chi connectivity index (χ3n) is 15.9. The van der Waals surface area contributed by atoms with Gasteiger partial charge in [0.1, 0.15) is 6.54 Å². The Morgan fingerprint density at radius 1 is 0.709 bits per heavy atom. The van der Waals surface area contributed by atoms with Gasteiger partial charge in [-0.05, 0) is 86.9 Å². The monoisotopic (exact) mass is 729 g/mol. The largest absolute Gasteiger partial charge is 0.213 e. The van der Waals surface area contributed by atoms with Crippen LogP contribution in [0, 0.1) is 24.2 Å². The van der Waals surface area contributed by atoms with Gasteiger partial charge in [-0.25, -0.2) is 4.57 Å². The van der Waals surface area contributed by atoms with E-state index < -0.39 is 0 Å². The zero-order valence-corrected chi connectivity index (χ0v) is 35.6. The molecule has 0 amide bonds. The fraction of sp³-hybridized carbons (Fsp3) is 0.434. The minimum atomic E-state index is 0.0297. The molecular weight excluding hydrogens is 665 g/mol. The number of benzene rings is 3. The number of allylic oxidation sites excluding steroid dienone is 4. The van der Waals surface area contributed by atoms with Crippen LogP contribution in [0.1, 0.15) is 116 Å². The molecule has 2 aromatic heterocycles. The first-order chi connectivity index (χ1) is 26.2. The molecule has 284 valence electrons. The van der Waals surface area contributed by atoms with E-state index in [2.05, 4.69) is 201 Å². The molecule has 3 heterocycles. The van der Waals surface area contributed by atoms with Crippen molar-refractivity contribution < 1.29 is 9.13 Å². The summed E-state index contributed by atoms with van der Waals surface area (Å²) in [7, 11) is 0. The SMILES string of the molecule is CCC12c3ccccc3-c3cc4cc5c(cc4c[n+]3C1(CC)C2CC[n+]1cc(-c2ccccc2)c(C)cc1CC=CC=CC(C)C)C(C)(C)C(C)(C)C5(C)C. The third-order valence-corrected chi connectivity index (χ3v) is 15.9. The predicted molar refractivity (Wildman–Crippen MR) is 231 cm³/mol. The molecule has 5 aromatic rings. The van der Waals surface area contributed by atoms with Crippen molar-refractivity contribution in [1.29, 1.82) is 0 Å². The molecule has 2 nitrogen and oxygen atoms in total. The maximum Gasteiger partial charge on any atom is 0.213 e. The van der Waals surface area contributed by atoms with Gasteiger partial charge in [0.25, 0.3) is 0 Å². The summed E-state index contributed by atoms with van der Waals surface area (Å²) in [5.74, 6) is 1.08. The molecule has 0 bridgehead atoms. The molecule has 0 radical (unpaired) electrons. The van der Waals surface area contributed by atoms with Gasteiger partial charge in [0, 0.05) is 41.8 Å². The maximum absolute atomic E-state index is 2.79. The second-order valence-electron chi connectivity index (χ2n) is 19.1. The number of nitrogens with zero attached hydrogens (tertiary/aromatic N) is 2. The number of pyridine rings is 2. The van der Waals surface area contributed by atoms with Crippen LogP contribution in [0.2, 0.25) is 0 Å². The Balaban J connectivity index is 1.24. The van der Waals surface area contributed by atoms with Crippen LogP contribution in [0.4, 0.5) is 0 Å². The summed E-state index contributed by atoms with van der Waals surface area (Å²) < 4.78 is 5.38. The minimum absolute atomic E-state index is 0.0297. The van der Waals surface area contributed by atoms with Crippen molar-refractivity contribution in [3.05, 3.63) is 144 Å². The second-order valence-corrected chi connectivity index (χ2v) is 19.1. The first kappa shape index (κ1) is 37.6. The summed E-state index contributed by atoms with van der Waals surface area (Å²) in [6.45, 7) is 27.5. The first-order valence-electron chi connectivity index (χ1n) is 21.2. The summed E-state index contributed by atoms with van der Waals surface area (Å²) >= 11 is 0. The Hall–Kier alpha value is -4.30. The molecule has 0 spiro atoms. The maximum atomic E-state index is 2.79. The molecule has 55 heavy (non-hydrogen) atoms. The van der Waals surface area contributed by atoms with Crippen LogP contribution < -0.4 is 9.13 Å². The number of aryl methyl sites for hydroxylation is 2. The Kier molecular flexibility index (Phi) is 8.99. The van der Waals surface area contributed by atoms with Gasteiger partial charge in [-0.1, -0.05) is 142 Å². The number of hydrogen-bond donors (Lipinski definition) is 0. The highest BCUT2D eigenvalue weighted by molar-refractivity contribution is 5.88. The first-order valence-corrected chi connectivity index (χ1v) is 21.2. The topological polar surface area (TPSA) is 7.76 Å². The molecule has 8 rings (SSSR count). The predicted octanol–water partition coefficient (Wildman–Crippen LogP) is 12.4. The third kappa shape index (κ3) is 5.25. The molecule has 3 atom stereocenters. The Morgan fingerprint density at radius 2 is 1.38 bits per heavy atom. The molecule has 1 aliphatic heterocycles. The molecule has 3 aliphatic rings. The van der Waals surface area contributed by atoms with Gasteiger partial charge < -0.3 is 0 Å². The summed E-state index contributed by atoms with van der Waals surface area (Å²) in [6.07, 6.45) is 18.4. The molecule has 0 saturated heterocycles. The van der Waals surface area contributed by atoms with Crippen molar-refractivity contribution in [3.8, 4) is 22.4 Å². The van der Waals surface area contributed by atoms with E-state index in [1.54, 1.807) is 5.56 Å². The summed E-state index contributed by atoms with van der Waals surface area (Å²) in [5.41, 5.74) is 13.2. The number of aromatic nitrogens is 2. The van der Waals surface area contributed by atoms with E-state index in [0.29, 0.717) is 11.8 Å². The van der Waals surface area contributed by atoms with E-state index >= 15 is 0 Å². The van der Waals surface area contributed by atoms with E-state index in [0.717, 1.165) is 32.2 Å². The van der Waals surface area contributed by atoms with E-state index in [9.17, 15) is 0 Å². The van der Waals surface area contributed by atoms with Crippen LogP contribution in [-0.4, -0.2) is 0 Å². The van der Waals surface area contributed by atoms with Crippen molar-refractivity contribution in [2.24, 2.45) is 17.3 Å². The second kappa shape index (κ2) is 13.1. The molecule has 3 unspecified atom stereocenters. The van der Waals surface area contributed by atoms with Crippen molar-refractivity contribution in [2.45, 2.75) is 130 Å². The summed E-state index contributed by atoms with van der Waals surface area (Å²) in [4.78, 5) is 0. The summed E-state index contributed by atoms with van der Waals surface area (Å²) in [6, 6.07) is 30.5. The van der Waals surface area contributed by atoms with E-state index in [1.807, 2.05) is 0 Å². The van der Waals surface area contributed by atoms with Crippen LogP contribution in [0.3, 0.4) is 0 Å². The fourth-order valence-corrected chi connectivity index (χ4v) is 11.7. The molecular formula is C53H64N2+2. The lowest BCUT2D eigenvalue weighted by Gasteiger charge is -2.44. The van der Waals surface area contributed by atoms with Gasteiger partial charge in [-0.3, -0.25) is 0 Å². The normalized spacial score (nSPS) is 24.0. The van der Waals surface area contributed by atoms with E-state index in [4.69, 9.17) is 0 Å². The molecule has 3 aromatic carbocycles. The average Bonchev–Trinajstić information content (AvgIpc) is 3.76. The van der Waals surface area contributed by atoms with Crippen molar-refractivity contribution in [2.75, 3.05) is 0 Å². The Labute approximate surface area is 332 Å². The Bertz CT molecular complexity index is 2350. The zero-order chi connectivity index (χ0) is 39.1. The van der Waals surface area contributed by atoms with Crippen molar-refractivity contribution in [1.82, 2.24) is 0 Å². The quantitative estimate of drug-likeness (QED) is 0.0999. The van der Waals surface area contributed by atoms with Crippen molar-refractivity contribution >= 4 is 10.8 Å². The zero-order valence-electron chi connectivity index (χ0n) is 35.6. The molecule has 2 aliphatic carbocycles. The van der Waals surface area contributed by atoms with Gasteiger partial charge in [0.15, 0.2) is 23.6 Å². The Morgan fingerprint density at radius 3 is 2.05 bits per heavy atom. The average molecular weight is 729 g/mol. The van der Waals surface area contributed by atoms with E-state index in [-0.39, 0.29) is 27.2 Å². The van der Waals surface area contributed by atoms with Gasteiger partial charge in [0.2, 0.25) is 5.69 Å². The molecule has 2 heteroatoms. The van der Waals surface area contributed by atoms with E-state index in [1.165, 1.54) is 55.5 Å². The van der Waals surface area contributed by atoms with Gasteiger partial charge in [-0.2, -0.15) is 4.57 Å². The molecule has 0 N–H and O–H groups in total. The van der Waals surface area contributed by atoms with Crippen LogP contribution in [0.25, 0.3) is 33.2 Å². The summed E-state index contributed by atoms with van der Waals surface area (Å²) in [5, 5.41) is 2.76.